The third-order valence-corrected chi connectivity index (χ3v) is 6.77. The summed E-state index contributed by atoms with van der Waals surface area (Å²) < 4.78 is 5.30. The molecule has 4 nitrogen and oxygen atoms in total. The van der Waals surface area contributed by atoms with E-state index in [2.05, 4.69) is 5.32 Å². The number of hydrogen-bond donors (Lipinski definition) is 2. The first-order chi connectivity index (χ1) is 11.2. The molecule has 1 heterocycles. The summed E-state index contributed by atoms with van der Waals surface area (Å²) in [4.78, 5) is 12.4. The summed E-state index contributed by atoms with van der Waals surface area (Å²) in [7, 11) is 0. The van der Waals surface area contributed by atoms with Crippen molar-refractivity contribution in [1.29, 1.82) is 0 Å². The number of ether oxygens (including phenoxy) is 1. The highest BCUT2D eigenvalue weighted by Gasteiger charge is 2.59. The van der Waals surface area contributed by atoms with Crippen molar-refractivity contribution in [3.63, 3.8) is 0 Å². The van der Waals surface area contributed by atoms with Gasteiger partial charge in [0.15, 0.2) is 0 Å². The van der Waals surface area contributed by atoms with Crippen LogP contribution in [0.25, 0.3) is 0 Å². The molecule has 0 spiro atoms. The van der Waals surface area contributed by atoms with Crippen molar-refractivity contribution in [2.45, 2.75) is 95.7 Å². The Bertz CT molecular complexity index is 406. The zero-order chi connectivity index (χ0) is 16.3. The minimum atomic E-state index is -0.302. The minimum Gasteiger partial charge on any atom is -0.465 e. The minimum absolute atomic E-state index is 0.0868. The average molecular weight is 322 g/mol. The van der Waals surface area contributed by atoms with Gasteiger partial charge in [0.05, 0.1) is 6.61 Å². The Labute approximate surface area is 140 Å². The van der Waals surface area contributed by atoms with Crippen LogP contribution in [-0.4, -0.2) is 30.7 Å². The Balaban J connectivity index is 1.83. The number of carbonyl (C=O) groups is 1. The van der Waals surface area contributed by atoms with Crippen LogP contribution in [0.4, 0.5) is 0 Å². The fourth-order valence-corrected chi connectivity index (χ4v) is 5.69. The molecule has 3 N–H and O–H groups in total. The lowest BCUT2D eigenvalue weighted by Crippen LogP contribution is -2.54. The van der Waals surface area contributed by atoms with E-state index in [0.29, 0.717) is 18.6 Å². The Morgan fingerprint density at radius 1 is 1.09 bits per heavy atom. The fraction of sp³-hybridized carbons (Fsp3) is 0.947. The van der Waals surface area contributed by atoms with Crippen molar-refractivity contribution >= 4 is 5.97 Å². The van der Waals surface area contributed by atoms with E-state index in [1.54, 1.807) is 0 Å². The van der Waals surface area contributed by atoms with Gasteiger partial charge in [-0.3, -0.25) is 10.1 Å². The van der Waals surface area contributed by atoms with Crippen LogP contribution in [0.3, 0.4) is 0 Å². The molecule has 132 valence electrons. The molecule has 0 bridgehead atoms. The summed E-state index contributed by atoms with van der Waals surface area (Å²) in [5, 5.41) is 3.60. The molecule has 4 heteroatoms. The van der Waals surface area contributed by atoms with Gasteiger partial charge in [-0.1, -0.05) is 44.9 Å². The molecule has 4 atom stereocenters. The first kappa shape index (κ1) is 17.2. The van der Waals surface area contributed by atoms with Crippen LogP contribution >= 0.6 is 0 Å². The highest BCUT2D eigenvalue weighted by atomic mass is 16.5. The Morgan fingerprint density at radius 2 is 1.74 bits per heavy atom. The molecule has 0 radical (unpaired) electrons. The standard InChI is InChI=1S/C19H34N2O2/c1-2-23-18(22)16-17(20)19(13-9-8-12-15(19)21-16)14-10-6-4-3-5-7-11-14/h14-17,21H,2-13,20H2,1H3. The SMILES string of the molecule is CCOC(=O)C1NC2CCCCC2(C2CCCCCCC2)C1N. The van der Waals surface area contributed by atoms with Gasteiger partial charge in [-0.25, -0.2) is 0 Å². The van der Waals surface area contributed by atoms with Crippen LogP contribution in [-0.2, 0) is 9.53 Å². The largest absolute Gasteiger partial charge is 0.465 e. The number of rotatable bonds is 3. The van der Waals surface area contributed by atoms with E-state index in [0.717, 1.165) is 0 Å². The number of esters is 1. The van der Waals surface area contributed by atoms with Crippen LogP contribution in [0.1, 0.15) is 77.6 Å². The summed E-state index contributed by atoms with van der Waals surface area (Å²) in [6.07, 6.45) is 14.2. The molecule has 3 fully saturated rings. The van der Waals surface area contributed by atoms with E-state index >= 15 is 0 Å². The van der Waals surface area contributed by atoms with Crippen LogP contribution in [0.5, 0.6) is 0 Å². The summed E-state index contributed by atoms with van der Waals surface area (Å²) in [5.74, 6) is 0.537. The van der Waals surface area contributed by atoms with Gasteiger partial charge in [0.25, 0.3) is 0 Å². The average Bonchev–Trinajstić information content (AvgIpc) is 2.82. The fourth-order valence-electron chi connectivity index (χ4n) is 5.69. The van der Waals surface area contributed by atoms with Crippen molar-refractivity contribution in [3.05, 3.63) is 0 Å². The maximum absolute atomic E-state index is 12.4. The maximum atomic E-state index is 12.4. The summed E-state index contributed by atoms with van der Waals surface area (Å²) in [6.45, 7) is 2.31. The molecule has 1 saturated heterocycles. The molecule has 1 aliphatic heterocycles. The topological polar surface area (TPSA) is 64.3 Å². The molecular formula is C19H34N2O2. The molecule has 3 aliphatic rings. The molecule has 0 aromatic rings. The Morgan fingerprint density at radius 3 is 2.43 bits per heavy atom. The number of hydrogen-bond acceptors (Lipinski definition) is 4. The maximum Gasteiger partial charge on any atom is 0.324 e. The lowest BCUT2D eigenvalue weighted by atomic mass is 9.58. The van der Waals surface area contributed by atoms with Gasteiger partial charge in [0, 0.05) is 17.5 Å². The zero-order valence-corrected chi connectivity index (χ0v) is 14.7. The van der Waals surface area contributed by atoms with Crippen LogP contribution in [0, 0.1) is 11.3 Å². The van der Waals surface area contributed by atoms with E-state index in [9.17, 15) is 4.79 Å². The summed E-state index contributed by atoms with van der Waals surface area (Å²) in [6, 6.07) is 0.0184. The first-order valence-electron chi connectivity index (χ1n) is 9.88. The predicted molar refractivity (Wildman–Crippen MR) is 92.0 cm³/mol. The first-order valence-corrected chi connectivity index (χ1v) is 9.88. The molecule has 0 aromatic heterocycles. The third-order valence-electron chi connectivity index (χ3n) is 6.77. The van der Waals surface area contributed by atoms with Gasteiger partial charge < -0.3 is 10.5 Å². The Hall–Kier alpha value is -0.610. The summed E-state index contributed by atoms with van der Waals surface area (Å²) in [5.41, 5.74) is 6.88. The van der Waals surface area contributed by atoms with Crippen molar-refractivity contribution in [1.82, 2.24) is 5.32 Å². The number of nitrogens with two attached hydrogens (primary N) is 1. The number of carbonyl (C=O) groups excluding carboxylic acids is 1. The van der Waals surface area contributed by atoms with E-state index in [-0.39, 0.29) is 23.5 Å². The van der Waals surface area contributed by atoms with Gasteiger partial charge >= 0.3 is 5.97 Å². The van der Waals surface area contributed by atoms with Gasteiger partial charge in [-0.05, 0) is 38.5 Å². The van der Waals surface area contributed by atoms with E-state index in [1.165, 1.54) is 70.6 Å². The van der Waals surface area contributed by atoms with Crippen LogP contribution < -0.4 is 11.1 Å². The van der Waals surface area contributed by atoms with Crippen molar-refractivity contribution in [3.8, 4) is 0 Å². The van der Waals surface area contributed by atoms with Crippen molar-refractivity contribution in [2.75, 3.05) is 6.61 Å². The van der Waals surface area contributed by atoms with Gasteiger partial charge in [-0.15, -0.1) is 0 Å². The zero-order valence-electron chi connectivity index (χ0n) is 14.7. The molecule has 4 unspecified atom stereocenters. The van der Waals surface area contributed by atoms with E-state index in [1.807, 2.05) is 6.92 Å². The number of fused-ring (bicyclic) bond motifs is 1. The highest BCUT2D eigenvalue weighted by molar-refractivity contribution is 5.77. The van der Waals surface area contributed by atoms with Gasteiger partial charge in [0.1, 0.15) is 6.04 Å². The molecule has 0 amide bonds. The molecule has 0 aromatic carbocycles. The molecular weight excluding hydrogens is 288 g/mol. The van der Waals surface area contributed by atoms with Crippen molar-refractivity contribution in [2.24, 2.45) is 17.1 Å². The van der Waals surface area contributed by atoms with Crippen LogP contribution in [0.2, 0.25) is 0 Å². The number of nitrogens with one attached hydrogen (secondary N) is 1. The van der Waals surface area contributed by atoms with Gasteiger partial charge in [0.2, 0.25) is 0 Å². The second kappa shape index (κ2) is 7.52. The molecule has 23 heavy (non-hydrogen) atoms. The lowest BCUT2D eigenvalue weighted by molar-refractivity contribution is -0.145. The molecule has 2 saturated carbocycles. The lowest BCUT2D eigenvalue weighted by Gasteiger charge is -2.48. The predicted octanol–water partition coefficient (Wildman–Crippen LogP) is 3.14. The monoisotopic (exact) mass is 322 g/mol. The van der Waals surface area contributed by atoms with Crippen LogP contribution in [0.15, 0.2) is 0 Å². The Kier molecular flexibility index (Phi) is 5.63. The third kappa shape index (κ3) is 3.17. The second-order valence-corrected chi connectivity index (χ2v) is 7.87. The molecule has 3 rings (SSSR count). The summed E-state index contributed by atoms with van der Waals surface area (Å²) >= 11 is 0. The smallest absolute Gasteiger partial charge is 0.324 e. The van der Waals surface area contributed by atoms with Gasteiger partial charge in [-0.2, -0.15) is 0 Å². The quantitative estimate of drug-likeness (QED) is 0.784. The highest BCUT2D eigenvalue weighted by Crippen LogP contribution is 2.53. The normalized spacial score (nSPS) is 39.3. The second-order valence-electron chi connectivity index (χ2n) is 7.87. The van der Waals surface area contributed by atoms with E-state index < -0.39 is 0 Å². The van der Waals surface area contributed by atoms with Crippen molar-refractivity contribution < 1.29 is 9.53 Å². The van der Waals surface area contributed by atoms with E-state index in [4.69, 9.17) is 10.5 Å². The molecule has 2 aliphatic carbocycles.